The van der Waals surface area contributed by atoms with E-state index in [9.17, 15) is 14.0 Å². The van der Waals surface area contributed by atoms with Gasteiger partial charge in [0.1, 0.15) is 11.4 Å². The predicted octanol–water partition coefficient (Wildman–Crippen LogP) is 5.80. The van der Waals surface area contributed by atoms with Crippen molar-refractivity contribution in [3.05, 3.63) is 75.4 Å². The van der Waals surface area contributed by atoms with Crippen LogP contribution >= 0.6 is 22.9 Å². The largest absolute Gasteiger partial charge is 0.492 e. The minimum Gasteiger partial charge on any atom is -0.492 e. The fraction of sp³-hybridized carbons (Fsp3) is 0.0476. The van der Waals surface area contributed by atoms with Gasteiger partial charge in [0, 0.05) is 11.4 Å². The Hall–Kier alpha value is -3.36. The smallest absolute Gasteiger partial charge is 0.295 e. The second-order valence-electron chi connectivity index (χ2n) is 6.20. The minimum atomic E-state index is -0.590. The average molecular weight is 445 g/mol. The fourth-order valence-electron chi connectivity index (χ4n) is 2.89. The normalized spacial score (nSPS) is 10.8. The van der Waals surface area contributed by atoms with Gasteiger partial charge in [0.05, 0.1) is 21.7 Å². The van der Waals surface area contributed by atoms with Crippen LogP contribution in [0.1, 0.15) is 20.2 Å². The van der Waals surface area contributed by atoms with Crippen molar-refractivity contribution in [2.75, 3.05) is 17.7 Å². The highest BCUT2D eigenvalue weighted by molar-refractivity contribution is 7.18. The molecule has 0 unspecified atom stereocenters. The summed E-state index contributed by atoms with van der Waals surface area (Å²) in [5, 5.41) is 5.85. The molecule has 0 aliphatic rings. The Balaban J connectivity index is 1.62. The number of hydrogen-bond acceptors (Lipinski definition) is 5. The number of carbonyl (C=O) groups excluding carboxylic acids is 2. The van der Waals surface area contributed by atoms with Crippen molar-refractivity contribution in [1.82, 2.24) is 0 Å². The highest BCUT2D eigenvalue weighted by Gasteiger charge is 2.22. The lowest BCUT2D eigenvalue weighted by molar-refractivity contribution is 0.0993. The molecule has 0 bridgehead atoms. The maximum atomic E-state index is 13.4. The quantitative estimate of drug-likeness (QED) is 0.407. The molecule has 9 heteroatoms. The summed E-state index contributed by atoms with van der Waals surface area (Å²) in [6.45, 7) is 0. The molecule has 0 atom stereocenters. The topological polar surface area (TPSA) is 80.6 Å². The van der Waals surface area contributed by atoms with E-state index >= 15 is 0 Å². The van der Waals surface area contributed by atoms with Crippen LogP contribution in [0.5, 0.6) is 5.75 Å². The Morgan fingerprint density at radius 2 is 1.80 bits per heavy atom. The van der Waals surface area contributed by atoms with Crippen LogP contribution in [-0.4, -0.2) is 18.9 Å². The van der Waals surface area contributed by atoms with Gasteiger partial charge in [-0.25, -0.2) is 4.39 Å². The predicted molar refractivity (Wildman–Crippen MR) is 114 cm³/mol. The summed E-state index contributed by atoms with van der Waals surface area (Å²) in [5.41, 5.74) is 1.17. The van der Waals surface area contributed by atoms with E-state index in [2.05, 4.69) is 10.6 Å². The third kappa shape index (κ3) is 4.00. The number of ether oxygens (including phenoxy) is 1. The van der Waals surface area contributed by atoms with Crippen LogP contribution in [0.3, 0.4) is 0 Å². The maximum Gasteiger partial charge on any atom is 0.295 e. The number of carbonyl (C=O) groups is 2. The highest BCUT2D eigenvalue weighted by atomic mass is 35.5. The summed E-state index contributed by atoms with van der Waals surface area (Å²) in [5.74, 6) is -1.23. The second kappa shape index (κ2) is 8.17. The molecule has 0 aliphatic carbocycles. The van der Waals surface area contributed by atoms with Crippen LogP contribution in [0.15, 0.2) is 59.0 Å². The first-order valence-corrected chi connectivity index (χ1v) is 9.88. The Morgan fingerprint density at radius 3 is 2.50 bits per heavy atom. The summed E-state index contributed by atoms with van der Waals surface area (Å²) in [6, 6.07) is 13.7. The molecule has 0 fully saturated rings. The van der Waals surface area contributed by atoms with E-state index in [0.29, 0.717) is 25.9 Å². The maximum absolute atomic E-state index is 13.4. The second-order valence-corrected chi connectivity index (χ2v) is 7.91. The van der Waals surface area contributed by atoms with Gasteiger partial charge >= 0.3 is 0 Å². The van der Waals surface area contributed by atoms with E-state index in [1.807, 2.05) is 0 Å². The molecule has 152 valence electrons. The molecule has 30 heavy (non-hydrogen) atoms. The van der Waals surface area contributed by atoms with Crippen molar-refractivity contribution >= 4 is 57.1 Å². The summed E-state index contributed by atoms with van der Waals surface area (Å²) in [4.78, 5) is 25.5. The number of hydrogen-bond donors (Lipinski definition) is 2. The van der Waals surface area contributed by atoms with Crippen molar-refractivity contribution < 1.29 is 23.1 Å². The molecular formula is C21H14ClFN2O4S. The third-order valence-corrected chi connectivity index (χ3v) is 5.42. The minimum absolute atomic E-state index is 0.0646. The van der Waals surface area contributed by atoms with Gasteiger partial charge in [0.15, 0.2) is 5.75 Å². The molecule has 2 aromatic heterocycles. The number of halogens is 2. The van der Waals surface area contributed by atoms with Crippen LogP contribution in [0, 0.1) is 5.82 Å². The number of rotatable bonds is 5. The summed E-state index contributed by atoms with van der Waals surface area (Å²) >= 11 is 7.04. The first-order valence-electron chi connectivity index (χ1n) is 8.69. The van der Waals surface area contributed by atoms with E-state index in [4.69, 9.17) is 20.8 Å². The molecule has 0 saturated heterocycles. The Kier molecular flexibility index (Phi) is 5.43. The molecule has 0 saturated carbocycles. The molecule has 0 radical (unpaired) electrons. The number of fused-ring (bicyclic) bond motifs is 1. The zero-order chi connectivity index (χ0) is 21.3. The monoisotopic (exact) mass is 444 g/mol. The molecular weight excluding hydrogens is 431 g/mol. The Labute approximate surface area is 179 Å². The number of amides is 2. The zero-order valence-corrected chi connectivity index (χ0v) is 17.1. The lowest BCUT2D eigenvalue weighted by Gasteiger charge is -2.05. The molecule has 2 amide bonds. The summed E-state index contributed by atoms with van der Waals surface area (Å²) in [6.07, 6.45) is 0. The molecule has 2 heterocycles. The van der Waals surface area contributed by atoms with Gasteiger partial charge in [0.25, 0.3) is 11.8 Å². The number of furan rings is 1. The Morgan fingerprint density at radius 1 is 1.03 bits per heavy atom. The molecule has 0 spiro atoms. The van der Waals surface area contributed by atoms with Crippen molar-refractivity contribution in [2.45, 2.75) is 0 Å². The van der Waals surface area contributed by atoms with E-state index in [1.54, 1.807) is 36.4 Å². The Bertz CT molecular complexity index is 1270. The van der Waals surface area contributed by atoms with Gasteiger partial charge in [-0.05, 0) is 48.5 Å². The van der Waals surface area contributed by atoms with Crippen LogP contribution < -0.4 is 15.4 Å². The molecule has 4 rings (SSSR count). The van der Waals surface area contributed by atoms with Crippen LogP contribution in [0.4, 0.5) is 15.8 Å². The molecule has 0 aliphatic heterocycles. The van der Waals surface area contributed by atoms with E-state index in [1.165, 1.54) is 36.6 Å². The third-order valence-electron chi connectivity index (χ3n) is 4.19. The van der Waals surface area contributed by atoms with Crippen LogP contribution in [0.25, 0.3) is 11.0 Å². The summed E-state index contributed by atoms with van der Waals surface area (Å²) < 4.78 is 24.9. The molecule has 4 aromatic rings. The van der Waals surface area contributed by atoms with Crippen molar-refractivity contribution in [1.29, 1.82) is 0 Å². The van der Waals surface area contributed by atoms with Crippen molar-refractivity contribution in [3.63, 3.8) is 0 Å². The number of anilines is 2. The van der Waals surface area contributed by atoms with Gasteiger partial charge in [0.2, 0.25) is 5.76 Å². The van der Waals surface area contributed by atoms with Crippen molar-refractivity contribution in [2.24, 2.45) is 0 Å². The van der Waals surface area contributed by atoms with Crippen LogP contribution in [0.2, 0.25) is 4.34 Å². The molecule has 2 N–H and O–H groups in total. The number of thiophene rings is 1. The van der Waals surface area contributed by atoms with E-state index in [0.717, 1.165) is 0 Å². The highest BCUT2D eigenvalue weighted by Crippen LogP contribution is 2.35. The van der Waals surface area contributed by atoms with E-state index in [-0.39, 0.29) is 23.1 Å². The molecule has 6 nitrogen and oxygen atoms in total. The van der Waals surface area contributed by atoms with E-state index < -0.39 is 11.7 Å². The lowest BCUT2D eigenvalue weighted by Crippen LogP contribution is -2.12. The van der Waals surface area contributed by atoms with Gasteiger partial charge in [-0.2, -0.15) is 0 Å². The number of methoxy groups -OCH3 is 1. The van der Waals surface area contributed by atoms with Gasteiger partial charge < -0.3 is 19.8 Å². The number of benzene rings is 2. The summed E-state index contributed by atoms with van der Waals surface area (Å²) in [7, 11) is 1.40. The van der Waals surface area contributed by atoms with Crippen molar-refractivity contribution in [3.8, 4) is 5.75 Å². The van der Waals surface area contributed by atoms with Crippen LogP contribution in [-0.2, 0) is 0 Å². The standard InChI is InChI=1S/C21H14ClFN2O4S/c1-28-18-14-10-13(24-20(26)16-7-8-17(22)30-16)5-6-15(14)29-19(18)21(27)25-12-4-2-3-11(23)9-12/h2-10H,1H3,(H,24,26)(H,25,27). The van der Waals surface area contributed by atoms with Gasteiger partial charge in [-0.1, -0.05) is 17.7 Å². The molecule has 2 aromatic carbocycles. The lowest BCUT2D eigenvalue weighted by atomic mass is 10.2. The first kappa shape index (κ1) is 19.9. The number of nitrogens with one attached hydrogen (secondary N) is 2. The first-order chi connectivity index (χ1) is 14.4. The zero-order valence-electron chi connectivity index (χ0n) is 15.5. The fourth-order valence-corrected chi connectivity index (χ4v) is 3.83. The van der Waals surface area contributed by atoms with Gasteiger partial charge in [-0.15, -0.1) is 11.3 Å². The van der Waals surface area contributed by atoms with Gasteiger partial charge in [-0.3, -0.25) is 9.59 Å². The average Bonchev–Trinajstić information content (AvgIpc) is 3.31. The SMILES string of the molecule is COc1c(C(=O)Nc2cccc(F)c2)oc2ccc(NC(=O)c3ccc(Cl)s3)cc12.